The second-order valence-corrected chi connectivity index (χ2v) is 7.23. The van der Waals surface area contributed by atoms with Crippen LogP contribution >= 0.6 is 0 Å². The molecule has 8 heteroatoms. The normalized spacial score (nSPS) is 14.7. The highest BCUT2D eigenvalue weighted by Crippen LogP contribution is 2.20. The second-order valence-electron chi connectivity index (χ2n) is 7.23. The van der Waals surface area contributed by atoms with Crippen molar-refractivity contribution < 1.29 is 29.4 Å². The Labute approximate surface area is 172 Å². The van der Waals surface area contributed by atoms with Crippen molar-refractivity contribution in [3.05, 3.63) is 70.8 Å². The summed E-state index contributed by atoms with van der Waals surface area (Å²) in [4.78, 5) is 43.9. The molecule has 0 saturated heterocycles. The van der Waals surface area contributed by atoms with Crippen LogP contribution in [0.3, 0.4) is 0 Å². The van der Waals surface area contributed by atoms with Crippen LogP contribution in [0.25, 0.3) is 0 Å². The van der Waals surface area contributed by atoms with Gasteiger partial charge in [-0.2, -0.15) is 0 Å². The Kier molecular flexibility index (Phi) is 6.46. The Morgan fingerprint density at radius 3 is 1.07 bits per heavy atom. The van der Waals surface area contributed by atoms with Gasteiger partial charge in [-0.15, -0.1) is 0 Å². The highest BCUT2D eigenvalue weighted by atomic mass is 16.4. The second kappa shape index (κ2) is 9.21. The van der Waals surface area contributed by atoms with Gasteiger partial charge in [0.15, 0.2) is 0 Å². The molecule has 2 fully saturated rings. The fourth-order valence-electron chi connectivity index (χ4n) is 2.51. The third kappa shape index (κ3) is 6.16. The van der Waals surface area contributed by atoms with Crippen molar-refractivity contribution in [2.75, 3.05) is 0 Å². The molecule has 30 heavy (non-hydrogen) atoms. The number of hydrogen-bond donors (Lipinski definition) is 2. The number of carbonyl (C=O) groups excluding carboxylic acids is 4. The van der Waals surface area contributed by atoms with Gasteiger partial charge in [0, 0.05) is 23.2 Å². The van der Waals surface area contributed by atoms with Crippen LogP contribution in [-0.2, 0) is 0 Å². The SMILES string of the molecule is O=C([O-])c1ccc(C(=O)NC2CC2)cc1.O=C([O-])c1ccc(C(=O)NC2CC2)cc1. The van der Waals surface area contributed by atoms with E-state index in [2.05, 4.69) is 10.6 Å². The van der Waals surface area contributed by atoms with Crippen molar-refractivity contribution >= 4 is 23.8 Å². The first-order valence-corrected chi connectivity index (χ1v) is 9.58. The largest absolute Gasteiger partial charge is 0.545 e. The molecule has 0 aromatic heterocycles. The number of nitrogens with one attached hydrogen (secondary N) is 2. The van der Waals surface area contributed by atoms with E-state index in [1.807, 2.05) is 0 Å². The molecule has 2 aromatic rings. The molecule has 2 amide bonds. The number of hydrogen-bond acceptors (Lipinski definition) is 6. The summed E-state index contributed by atoms with van der Waals surface area (Å²) >= 11 is 0. The topological polar surface area (TPSA) is 138 Å². The minimum absolute atomic E-state index is 0.0815. The Morgan fingerprint density at radius 1 is 0.567 bits per heavy atom. The van der Waals surface area contributed by atoms with E-state index in [-0.39, 0.29) is 22.9 Å². The highest BCUT2D eigenvalue weighted by molar-refractivity contribution is 5.96. The van der Waals surface area contributed by atoms with Crippen LogP contribution in [0.5, 0.6) is 0 Å². The quantitative estimate of drug-likeness (QED) is 0.684. The van der Waals surface area contributed by atoms with Crippen LogP contribution in [0.4, 0.5) is 0 Å². The van der Waals surface area contributed by atoms with Crippen molar-refractivity contribution in [2.45, 2.75) is 37.8 Å². The van der Waals surface area contributed by atoms with Crippen LogP contribution in [0.15, 0.2) is 48.5 Å². The van der Waals surface area contributed by atoms with Gasteiger partial charge in [0.05, 0.1) is 11.9 Å². The third-order valence-corrected chi connectivity index (χ3v) is 4.59. The molecular formula is C22H20N2O6-2. The molecule has 0 atom stereocenters. The molecule has 0 bridgehead atoms. The smallest absolute Gasteiger partial charge is 0.251 e. The summed E-state index contributed by atoms with van der Waals surface area (Å²) in [7, 11) is 0. The molecule has 0 unspecified atom stereocenters. The number of rotatable bonds is 6. The zero-order valence-electron chi connectivity index (χ0n) is 16.1. The van der Waals surface area contributed by atoms with Gasteiger partial charge in [0.1, 0.15) is 0 Å². The lowest BCUT2D eigenvalue weighted by Crippen LogP contribution is -2.26. The molecule has 8 nitrogen and oxygen atoms in total. The maximum Gasteiger partial charge on any atom is 0.251 e. The van der Waals surface area contributed by atoms with E-state index in [0.29, 0.717) is 23.2 Å². The maximum atomic E-state index is 11.5. The van der Waals surface area contributed by atoms with Gasteiger partial charge in [-0.1, -0.05) is 24.3 Å². The van der Waals surface area contributed by atoms with Crippen LogP contribution in [-0.4, -0.2) is 35.8 Å². The van der Waals surface area contributed by atoms with Gasteiger partial charge in [-0.25, -0.2) is 0 Å². The molecule has 2 N–H and O–H groups in total. The van der Waals surface area contributed by atoms with E-state index >= 15 is 0 Å². The van der Waals surface area contributed by atoms with E-state index in [9.17, 15) is 29.4 Å². The number of carboxylic acid groups (broad SMARTS) is 2. The summed E-state index contributed by atoms with van der Waals surface area (Å²) in [6, 6.07) is 12.1. The van der Waals surface area contributed by atoms with Crippen molar-refractivity contribution in [3.63, 3.8) is 0 Å². The predicted octanol–water partition coefficient (Wildman–Crippen LogP) is -0.115. The molecular weight excluding hydrogens is 388 g/mol. The summed E-state index contributed by atoms with van der Waals surface area (Å²) < 4.78 is 0. The summed E-state index contributed by atoms with van der Waals surface area (Å²) in [5, 5.41) is 26.6. The lowest BCUT2D eigenvalue weighted by atomic mass is 10.1. The van der Waals surface area contributed by atoms with Crippen LogP contribution in [0, 0.1) is 0 Å². The number of carbonyl (C=O) groups is 4. The van der Waals surface area contributed by atoms with Crippen LogP contribution in [0.1, 0.15) is 67.1 Å². The maximum absolute atomic E-state index is 11.5. The highest BCUT2D eigenvalue weighted by Gasteiger charge is 2.24. The Balaban J connectivity index is 0.000000171. The minimum atomic E-state index is -1.23. The fourth-order valence-corrected chi connectivity index (χ4v) is 2.51. The van der Waals surface area contributed by atoms with Crippen molar-refractivity contribution in [2.24, 2.45) is 0 Å². The lowest BCUT2D eigenvalue weighted by Gasteiger charge is -2.05. The molecule has 0 spiro atoms. The molecule has 0 aliphatic heterocycles. The summed E-state index contributed by atoms with van der Waals surface area (Å²) in [5.74, 6) is -2.77. The first-order chi connectivity index (χ1) is 14.3. The van der Waals surface area contributed by atoms with E-state index in [1.54, 1.807) is 0 Å². The number of benzene rings is 2. The zero-order valence-corrected chi connectivity index (χ0v) is 16.1. The standard InChI is InChI=1S/2C11H11NO3/c2*13-10(12-9-5-6-9)7-1-3-8(4-2-7)11(14)15/h2*1-4,9H,5-6H2,(H,12,13)(H,14,15)/p-2. The van der Waals surface area contributed by atoms with E-state index in [1.165, 1.54) is 48.5 Å². The Morgan fingerprint density at radius 2 is 0.833 bits per heavy atom. The molecule has 2 aliphatic rings. The molecule has 2 aliphatic carbocycles. The van der Waals surface area contributed by atoms with Gasteiger partial charge in [0.25, 0.3) is 11.8 Å². The first-order valence-electron chi connectivity index (χ1n) is 9.58. The number of aromatic carboxylic acids is 2. The van der Waals surface area contributed by atoms with Crippen LogP contribution < -0.4 is 20.8 Å². The van der Waals surface area contributed by atoms with Gasteiger partial charge in [0.2, 0.25) is 0 Å². The van der Waals surface area contributed by atoms with Crippen LogP contribution in [0.2, 0.25) is 0 Å². The summed E-state index contributed by atoms with van der Waals surface area (Å²) in [6.07, 6.45) is 4.12. The fraction of sp³-hybridized carbons (Fsp3) is 0.273. The molecule has 0 heterocycles. The van der Waals surface area contributed by atoms with Crippen molar-refractivity contribution in [3.8, 4) is 0 Å². The molecule has 2 aromatic carbocycles. The van der Waals surface area contributed by atoms with Gasteiger partial charge in [-0.05, 0) is 61.1 Å². The van der Waals surface area contributed by atoms with Crippen molar-refractivity contribution in [1.82, 2.24) is 10.6 Å². The average molecular weight is 408 g/mol. The average Bonchev–Trinajstić information content (AvgIpc) is 3.66. The zero-order chi connectivity index (χ0) is 21.7. The van der Waals surface area contributed by atoms with E-state index < -0.39 is 11.9 Å². The van der Waals surface area contributed by atoms with E-state index in [4.69, 9.17) is 0 Å². The van der Waals surface area contributed by atoms with Gasteiger partial charge in [-0.3, -0.25) is 9.59 Å². The molecule has 2 saturated carbocycles. The monoisotopic (exact) mass is 408 g/mol. The first kappa shape index (κ1) is 21.0. The summed E-state index contributed by atoms with van der Waals surface area (Å²) in [5.41, 5.74) is 1.12. The third-order valence-electron chi connectivity index (χ3n) is 4.59. The summed E-state index contributed by atoms with van der Waals surface area (Å²) in [6.45, 7) is 0. The van der Waals surface area contributed by atoms with Gasteiger partial charge < -0.3 is 30.4 Å². The molecule has 4 rings (SSSR count). The molecule has 0 radical (unpaired) electrons. The predicted molar refractivity (Wildman–Crippen MR) is 103 cm³/mol. The van der Waals surface area contributed by atoms with Gasteiger partial charge >= 0.3 is 0 Å². The Hall–Kier alpha value is -3.68. The molecule has 156 valence electrons. The Bertz CT molecular complexity index is 865. The number of carboxylic acids is 2. The number of amides is 2. The van der Waals surface area contributed by atoms with E-state index in [0.717, 1.165) is 25.7 Å². The lowest BCUT2D eigenvalue weighted by molar-refractivity contribution is -0.256. The van der Waals surface area contributed by atoms with Crippen molar-refractivity contribution in [1.29, 1.82) is 0 Å². The minimum Gasteiger partial charge on any atom is -0.545 e.